The lowest BCUT2D eigenvalue weighted by Crippen LogP contribution is -2.50. The van der Waals surface area contributed by atoms with E-state index in [1.54, 1.807) is 6.20 Å². The number of likely N-dealkylation sites (tertiary alicyclic amines) is 1. The smallest absolute Gasteiger partial charge is 0.380 e. The fraction of sp³-hybridized carbons (Fsp3) is 0.500. The number of nitrogens with one attached hydrogen (secondary N) is 1. The maximum atomic E-state index is 13.9. The molecule has 0 saturated carbocycles. The largest absolute Gasteiger partial charge is 0.420 e. The lowest BCUT2D eigenvalue weighted by atomic mass is 9.84. The first-order valence-electron chi connectivity index (χ1n) is 13.0. The molecule has 6 rings (SSSR count). The van der Waals surface area contributed by atoms with Crippen LogP contribution in [0.15, 0.2) is 36.8 Å². The van der Waals surface area contributed by atoms with Crippen LogP contribution in [0.2, 0.25) is 0 Å². The minimum absolute atomic E-state index is 0.118. The summed E-state index contributed by atoms with van der Waals surface area (Å²) < 4.78 is 48.2. The van der Waals surface area contributed by atoms with E-state index in [2.05, 4.69) is 58.9 Å². The molecular formula is C28H32F3N5O. The molecule has 0 amide bonds. The standard InChI is InChI=1S/C28H32F3N5O/c1-17(2)24-21-10-19(18-6-8-35(9-7-18)13-27(3)14-37-15-27)4-5-23(21)34-25(24)20-11-22(28(29,30)31)26-32-16-33-36(26)12-20/h4-5,10-12,16-18,34H,6-9,13-15H2,1-3H3. The number of nitrogens with zero attached hydrogens (tertiary/aromatic N) is 4. The summed E-state index contributed by atoms with van der Waals surface area (Å²) >= 11 is 0. The number of benzene rings is 1. The van der Waals surface area contributed by atoms with Crippen molar-refractivity contribution in [2.75, 3.05) is 32.8 Å². The van der Waals surface area contributed by atoms with Gasteiger partial charge in [0.15, 0.2) is 5.65 Å². The molecule has 1 aromatic carbocycles. The third-order valence-corrected chi connectivity index (χ3v) is 7.97. The van der Waals surface area contributed by atoms with Crippen LogP contribution < -0.4 is 0 Å². The number of piperidine rings is 1. The van der Waals surface area contributed by atoms with Gasteiger partial charge in [-0.15, -0.1) is 0 Å². The number of pyridine rings is 1. The zero-order valence-electron chi connectivity index (χ0n) is 21.4. The number of alkyl halides is 3. The van der Waals surface area contributed by atoms with Crippen molar-refractivity contribution in [1.82, 2.24) is 24.5 Å². The van der Waals surface area contributed by atoms with Gasteiger partial charge in [-0.25, -0.2) is 9.50 Å². The molecule has 0 unspecified atom stereocenters. The van der Waals surface area contributed by atoms with Crippen molar-refractivity contribution in [2.24, 2.45) is 5.41 Å². The van der Waals surface area contributed by atoms with Crippen LogP contribution in [0, 0.1) is 5.41 Å². The van der Waals surface area contributed by atoms with Gasteiger partial charge >= 0.3 is 6.18 Å². The van der Waals surface area contributed by atoms with Crippen molar-refractivity contribution >= 4 is 16.6 Å². The van der Waals surface area contributed by atoms with Crippen molar-refractivity contribution in [1.29, 1.82) is 0 Å². The molecule has 2 aliphatic heterocycles. The van der Waals surface area contributed by atoms with Gasteiger partial charge in [-0.1, -0.05) is 26.8 Å². The Hall–Kier alpha value is -2.91. The summed E-state index contributed by atoms with van der Waals surface area (Å²) in [4.78, 5) is 9.81. The van der Waals surface area contributed by atoms with Gasteiger partial charge in [-0.3, -0.25) is 0 Å². The number of aromatic amines is 1. The first-order chi connectivity index (χ1) is 17.6. The average Bonchev–Trinajstić information content (AvgIpc) is 3.46. The van der Waals surface area contributed by atoms with E-state index in [1.807, 2.05) is 0 Å². The highest BCUT2D eigenvalue weighted by molar-refractivity contribution is 5.92. The molecule has 9 heteroatoms. The van der Waals surface area contributed by atoms with Gasteiger partial charge in [0, 0.05) is 34.6 Å². The Morgan fingerprint density at radius 2 is 1.92 bits per heavy atom. The predicted octanol–water partition coefficient (Wildman–Crippen LogP) is 6.24. The fourth-order valence-corrected chi connectivity index (χ4v) is 6.09. The topological polar surface area (TPSA) is 58.5 Å². The highest BCUT2D eigenvalue weighted by Gasteiger charge is 2.37. The summed E-state index contributed by atoms with van der Waals surface area (Å²) in [6.45, 7) is 11.4. The monoisotopic (exact) mass is 511 g/mol. The summed E-state index contributed by atoms with van der Waals surface area (Å²) in [5.41, 5.74) is 3.74. The summed E-state index contributed by atoms with van der Waals surface area (Å²) in [6.07, 6.45) is 0.460. The van der Waals surface area contributed by atoms with Gasteiger partial charge in [0.05, 0.1) is 18.9 Å². The normalized spacial score (nSPS) is 19.2. The van der Waals surface area contributed by atoms with E-state index in [0.29, 0.717) is 22.6 Å². The van der Waals surface area contributed by atoms with Gasteiger partial charge in [0.2, 0.25) is 0 Å². The Labute approximate surface area is 213 Å². The third kappa shape index (κ3) is 4.42. The summed E-state index contributed by atoms with van der Waals surface area (Å²) in [5.74, 6) is 0.597. The lowest BCUT2D eigenvalue weighted by molar-refractivity contribution is -0.136. The van der Waals surface area contributed by atoms with Crippen molar-refractivity contribution in [3.05, 3.63) is 53.5 Å². The van der Waals surface area contributed by atoms with Gasteiger partial charge < -0.3 is 14.6 Å². The second kappa shape index (κ2) is 8.84. The predicted molar refractivity (Wildman–Crippen MR) is 137 cm³/mol. The number of fused-ring (bicyclic) bond motifs is 2. The molecule has 196 valence electrons. The van der Waals surface area contributed by atoms with E-state index in [1.165, 1.54) is 16.1 Å². The molecule has 0 aliphatic carbocycles. The van der Waals surface area contributed by atoms with Crippen LogP contribution in [-0.4, -0.2) is 57.3 Å². The van der Waals surface area contributed by atoms with Crippen LogP contribution in [0.3, 0.4) is 0 Å². The molecule has 0 spiro atoms. The minimum Gasteiger partial charge on any atom is -0.380 e. The van der Waals surface area contributed by atoms with E-state index in [4.69, 9.17) is 4.74 Å². The van der Waals surface area contributed by atoms with Gasteiger partial charge in [0.1, 0.15) is 11.9 Å². The lowest BCUT2D eigenvalue weighted by Gasteiger charge is -2.43. The molecule has 2 fully saturated rings. The number of halogens is 3. The second-order valence-electron chi connectivity index (χ2n) is 11.4. The number of hydrogen-bond acceptors (Lipinski definition) is 4. The quantitative estimate of drug-likeness (QED) is 0.345. The number of ether oxygens (including phenoxy) is 1. The summed E-state index contributed by atoms with van der Waals surface area (Å²) in [5, 5.41) is 5.08. The van der Waals surface area contributed by atoms with E-state index < -0.39 is 11.7 Å². The maximum Gasteiger partial charge on any atom is 0.420 e. The first-order valence-corrected chi connectivity index (χ1v) is 13.0. The van der Waals surface area contributed by atoms with Crippen molar-refractivity contribution in [3.8, 4) is 11.3 Å². The van der Waals surface area contributed by atoms with Gasteiger partial charge in [-0.2, -0.15) is 18.3 Å². The number of rotatable bonds is 5. The van der Waals surface area contributed by atoms with Crippen LogP contribution >= 0.6 is 0 Å². The van der Waals surface area contributed by atoms with E-state index >= 15 is 0 Å². The number of H-pyrrole nitrogens is 1. The van der Waals surface area contributed by atoms with Crippen LogP contribution in [0.25, 0.3) is 27.8 Å². The SMILES string of the molecule is CC(C)c1c(-c2cc(C(F)(F)F)c3ncnn3c2)[nH]c2ccc(C3CCN(CC4(C)COC4)CC3)cc12. The van der Waals surface area contributed by atoms with Crippen LogP contribution in [0.4, 0.5) is 13.2 Å². The Balaban J connectivity index is 1.34. The molecule has 0 bridgehead atoms. The molecule has 1 N–H and O–H groups in total. The van der Waals surface area contributed by atoms with Crippen LogP contribution in [0.1, 0.15) is 62.1 Å². The molecule has 0 radical (unpaired) electrons. The molecular weight excluding hydrogens is 479 g/mol. The van der Waals surface area contributed by atoms with Gasteiger partial charge in [-0.05, 0) is 67.1 Å². The summed E-state index contributed by atoms with van der Waals surface area (Å²) in [6, 6.07) is 7.70. The zero-order valence-corrected chi connectivity index (χ0v) is 21.4. The van der Waals surface area contributed by atoms with E-state index in [0.717, 1.165) is 68.5 Å². The average molecular weight is 512 g/mol. The van der Waals surface area contributed by atoms with Crippen LogP contribution in [-0.2, 0) is 10.9 Å². The maximum absolute atomic E-state index is 13.9. The Kier molecular flexibility index (Phi) is 5.84. The second-order valence-corrected chi connectivity index (χ2v) is 11.4. The van der Waals surface area contributed by atoms with E-state index in [-0.39, 0.29) is 11.6 Å². The summed E-state index contributed by atoms with van der Waals surface area (Å²) in [7, 11) is 0. The zero-order chi connectivity index (χ0) is 25.9. The first kappa shape index (κ1) is 24.4. The molecule has 2 saturated heterocycles. The molecule has 2 aliphatic rings. The Morgan fingerprint density at radius 1 is 1.16 bits per heavy atom. The molecule has 6 nitrogen and oxygen atoms in total. The molecule has 5 heterocycles. The van der Waals surface area contributed by atoms with Crippen molar-refractivity contribution in [3.63, 3.8) is 0 Å². The third-order valence-electron chi connectivity index (χ3n) is 7.97. The minimum atomic E-state index is -4.53. The Morgan fingerprint density at radius 3 is 2.57 bits per heavy atom. The molecule has 4 aromatic rings. The number of aromatic nitrogens is 4. The van der Waals surface area contributed by atoms with Crippen molar-refractivity contribution in [2.45, 2.75) is 51.6 Å². The Bertz CT molecular complexity index is 1440. The molecule has 37 heavy (non-hydrogen) atoms. The fourth-order valence-electron chi connectivity index (χ4n) is 6.09. The van der Waals surface area contributed by atoms with Gasteiger partial charge in [0.25, 0.3) is 0 Å². The highest BCUT2D eigenvalue weighted by atomic mass is 19.4. The molecule has 3 aromatic heterocycles. The van der Waals surface area contributed by atoms with Crippen LogP contribution in [0.5, 0.6) is 0 Å². The molecule has 0 atom stereocenters. The van der Waals surface area contributed by atoms with Crippen molar-refractivity contribution < 1.29 is 17.9 Å². The highest BCUT2D eigenvalue weighted by Crippen LogP contribution is 2.41. The number of hydrogen-bond donors (Lipinski definition) is 1. The van der Waals surface area contributed by atoms with E-state index in [9.17, 15) is 13.2 Å².